The largest absolute Gasteiger partial charge is 0.396 e. The van der Waals surface area contributed by atoms with E-state index in [-0.39, 0.29) is 19.1 Å². The zero-order chi connectivity index (χ0) is 17.5. The molecule has 3 heterocycles. The number of aliphatic hydroxyl groups is 2. The van der Waals surface area contributed by atoms with E-state index in [1.165, 1.54) is 6.33 Å². The molecule has 0 saturated carbocycles. The zero-order valence-corrected chi connectivity index (χ0v) is 13.8. The molecule has 0 spiro atoms. The molecule has 1 aliphatic rings. The highest BCUT2D eigenvalue weighted by atomic mass is 16.3. The fourth-order valence-corrected chi connectivity index (χ4v) is 2.88. The average Bonchev–Trinajstić information content (AvgIpc) is 2.94. The summed E-state index contributed by atoms with van der Waals surface area (Å²) in [5.41, 5.74) is 5.46. The van der Waals surface area contributed by atoms with Crippen LogP contribution in [-0.2, 0) is 11.3 Å². The first-order chi connectivity index (χ1) is 11.3. The van der Waals surface area contributed by atoms with E-state index in [0.717, 1.165) is 0 Å². The zero-order valence-electron chi connectivity index (χ0n) is 13.8. The molecule has 4 N–H and O–H groups in total. The second-order valence-corrected chi connectivity index (χ2v) is 7.15. The molecule has 24 heavy (non-hydrogen) atoms. The Morgan fingerprint density at radius 3 is 2.58 bits per heavy atom. The molecule has 1 saturated heterocycles. The third-order valence-corrected chi connectivity index (χ3v) is 4.67. The number of anilines is 1. The number of imidazole rings is 1. The van der Waals surface area contributed by atoms with Gasteiger partial charge in [-0.2, -0.15) is 0 Å². The molecule has 2 aromatic heterocycles. The van der Waals surface area contributed by atoms with E-state index in [9.17, 15) is 15.0 Å². The SMILES string of the molecule is CC(CO)(CO)Cn1cnc2c(N3CC(C)(C(N)=O)C3)ncnc21. The van der Waals surface area contributed by atoms with Crippen LogP contribution in [0.25, 0.3) is 11.2 Å². The first kappa shape index (κ1) is 16.6. The molecule has 0 atom stereocenters. The molecular weight excluding hydrogens is 312 g/mol. The number of amides is 1. The summed E-state index contributed by atoms with van der Waals surface area (Å²) >= 11 is 0. The standard InChI is InChI=1S/C15H22N6O3/c1-14(6-22,7-23)3-21-9-19-10-11(17-8-18-12(10)21)20-4-15(2,5-20)13(16)24/h8-9,22-23H,3-7H2,1-2H3,(H2,16,24). The Morgan fingerprint density at radius 1 is 1.33 bits per heavy atom. The minimum Gasteiger partial charge on any atom is -0.396 e. The summed E-state index contributed by atoms with van der Waals surface area (Å²) in [4.78, 5) is 26.4. The normalized spacial score (nSPS) is 17.1. The van der Waals surface area contributed by atoms with Gasteiger partial charge in [0.05, 0.1) is 25.0 Å². The third-order valence-electron chi connectivity index (χ3n) is 4.67. The van der Waals surface area contributed by atoms with E-state index in [1.807, 2.05) is 11.8 Å². The number of nitrogens with zero attached hydrogens (tertiary/aromatic N) is 5. The van der Waals surface area contributed by atoms with Crippen LogP contribution in [0.4, 0.5) is 5.82 Å². The van der Waals surface area contributed by atoms with Crippen molar-refractivity contribution < 1.29 is 15.0 Å². The molecule has 130 valence electrons. The minimum atomic E-state index is -0.667. The molecule has 3 rings (SSSR count). The van der Waals surface area contributed by atoms with Crippen molar-refractivity contribution in [1.29, 1.82) is 0 Å². The smallest absolute Gasteiger partial charge is 0.226 e. The number of primary amides is 1. The van der Waals surface area contributed by atoms with Crippen LogP contribution >= 0.6 is 0 Å². The molecular formula is C15H22N6O3. The van der Waals surface area contributed by atoms with E-state index in [4.69, 9.17) is 5.73 Å². The number of fused-ring (bicyclic) bond motifs is 1. The molecule has 0 aliphatic carbocycles. The van der Waals surface area contributed by atoms with Crippen molar-refractivity contribution in [3.63, 3.8) is 0 Å². The number of carbonyl (C=O) groups is 1. The number of aliphatic hydroxyl groups excluding tert-OH is 2. The van der Waals surface area contributed by atoms with Gasteiger partial charge in [0.25, 0.3) is 0 Å². The highest BCUT2D eigenvalue weighted by Crippen LogP contribution is 2.35. The molecule has 1 aliphatic heterocycles. The molecule has 0 bridgehead atoms. The Balaban J connectivity index is 1.90. The lowest BCUT2D eigenvalue weighted by Crippen LogP contribution is -2.61. The first-order valence-electron chi connectivity index (χ1n) is 7.74. The Labute approximate surface area is 139 Å². The van der Waals surface area contributed by atoms with Gasteiger partial charge in [-0.1, -0.05) is 6.92 Å². The maximum absolute atomic E-state index is 11.5. The van der Waals surface area contributed by atoms with Gasteiger partial charge < -0.3 is 25.4 Å². The predicted octanol–water partition coefficient (Wildman–Crippen LogP) is -0.871. The summed E-state index contributed by atoms with van der Waals surface area (Å²) in [6.07, 6.45) is 3.07. The van der Waals surface area contributed by atoms with Crippen LogP contribution in [0.3, 0.4) is 0 Å². The lowest BCUT2D eigenvalue weighted by atomic mass is 9.81. The van der Waals surface area contributed by atoms with Gasteiger partial charge in [-0.15, -0.1) is 0 Å². The van der Waals surface area contributed by atoms with E-state index in [0.29, 0.717) is 36.6 Å². The van der Waals surface area contributed by atoms with Gasteiger partial charge in [0.1, 0.15) is 6.33 Å². The average molecular weight is 334 g/mol. The predicted molar refractivity (Wildman–Crippen MR) is 87.1 cm³/mol. The maximum atomic E-state index is 11.5. The van der Waals surface area contributed by atoms with Crippen LogP contribution in [0.15, 0.2) is 12.7 Å². The van der Waals surface area contributed by atoms with Crippen molar-refractivity contribution >= 4 is 22.9 Å². The fraction of sp³-hybridized carbons (Fsp3) is 0.600. The number of hydrogen-bond acceptors (Lipinski definition) is 7. The van der Waals surface area contributed by atoms with E-state index in [2.05, 4.69) is 15.0 Å². The fourth-order valence-electron chi connectivity index (χ4n) is 2.88. The van der Waals surface area contributed by atoms with Gasteiger partial charge in [-0.05, 0) is 6.92 Å². The molecule has 9 heteroatoms. The van der Waals surface area contributed by atoms with Gasteiger partial charge in [0.15, 0.2) is 17.0 Å². The van der Waals surface area contributed by atoms with Gasteiger partial charge in [-0.3, -0.25) is 4.79 Å². The molecule has 0 unspecified atom stereocenters. The van der Waals surface area contributed by atoms with Crippen molar-refractivity contribution in [2.45, 2.75) is 20.4 Å². The van der Waals surface area contributed by atoms with Crippen molar-refractivity contribution in [1.82, 2.24) is 19.5 Å². The molecule has 0 radical (unpaired) electrons. The molecule has 1 fully saturated rings. The molecule has 1 amide bonds. The lowest BCUT2D eigenvalue weighted by Gasteiger charge is -2.46. The first-order valence-corrected chi connectivity index (χ1v) is 7.74. The van der Waals surface area contributed by atoms with Crippen LogP contribution in [0.1, 0.15) is 13.8 Å². The molecule has 2 aromatic rings. The molecule has 0 aromatic carbocycles. The number of nitrogens with two attached hydrogens (primary N) is 1. The van der Waals surface area contributed by atoms with E-state index in [1.54, 1.807) is 17.8 Å². The number of aromatic nitrogens is 4. The van der Waals surface area contributed by atoms with Gasteiger partial charge >= 0.3 is 0 Å². The Morgan fingerprint density at radius 2 is 2.00 bits per heavy atom. The molecule has 9 nitrogen and oxygen atoms in total. The van der Waals surface area contributed by atoms with Crippen LogP contribution in [0.2, 0.25) is 0 Å². The Hall–Kier alpha value is -2.26. The summed E-state index contributed by atoms with van der Waals surface area (Å²) in [5.74, 6) is 0.336. The Kier molecular flexibility index (Phi) is 3.92. The van der Waals surface area contributed by atoms with Crippen molar-refractivity contribution in [3.8, 4) is 0 Å². The van der Waals surface area contributed by atoms with Crippen LogP contribution in [0.5, 0.6) is 0 Å². The topological polar surface area (TPSA) is 130 Å². The summed E-state index contributed by atoms with van der Waals surface area (Å²) in [7, 11) is 0. The summed E-state index contributed by atoms with van der Waals surface area (Å²) < 4.78 is 1.79. The van der Waals surface area contributed by atoms with Gasteiger partial charge in [0, 0.05) is 25.0 Å². The summed E-state index contributed by atoms with van der Waals surface area (Å²) in [5, 5.41) is 19.0. The van der Waals surface area contributed by atoms with Crippen molar-refractivity contribution in [2.75, 3.05) is 31.2 Å². The van der Waals surface area contributed by atoms with Gasteiger partial charge in [-0.25, -0.2) is 15.0 Å². The van der Waals surface area contributed by atoms with E-state index < -0.39 is 10.8 Å². The van der Waals surface area contributed by atoms with E-state index >= 15 is 0 Å². The second-order valence-electron chi connectivity index (χ2n) is 7.15. The Bertz CT molecular complexity index is 764. The van der Waals surface area contributed by atoms with Crippen LogP contribution < -0.4 is 10.6 Å². The summed E-state index contributed by atoms with van der Waals surface area (Å²) in [6, 6.07) is 0. The third kappa shape index (κ3) is 2.59. The quantitative estimate of drug-likeness (QED) is 0.626. The number of rotatable bonds is 6. The van der Waals surface area contributed by atoms with Crippen molar-refractivity contribution in [2.24, 2.45) is 16.6 Å². The van der Waals surface area contributed by atoms with Crippen LogP contribution in [0, 0.1) is 10.8 Å². The highest BCUT2D eigenvalue weighted by Gasteiger charge is 2.45. The van der Waals surface area contributed by atoms with Crippen LogP contribution in [-0.4, -0.2) is 61.9 Å². The lowest BCUT2D eigenvalue weighted by molar-refractivity contribution is -0.128. The number of hydrogen-bond donors (Lipinski definition) is 3. The monoisotopic (exact) mass is 334 g/mol. The maximum Gasteiger partial charge on any atom is 0.226 e. The minimum absolute atomic E-state index is 0.149. The second kappa shape index (κ2) is 5.67. The van der Waals surface area contributed by atoms with Gasteiger partial charge in [0.2, 0.25) is 5.91 Å². The van der Waals surface area contributed by atoms with Crippen molar-refractivity contribution in [3.05, 3.63) is 12.7 Å². The summed E-state index contributed by atoms with van der Waals surface area (Å²) in [6.45, 7) is 4.68. The number of carbonyl (C=O) groups excluding carboxylic acids is 1. The highest BCUT2D eigenvalue weighted by molar-refractivity contribution is 5.88.